The highest BCUT2D eigenvalue weighted by atomic mass is 79.9. The zero-order valence-electron chi connectivity index (χ0n) is 9.85. The van der Waals surface area contributed by atoms with Crippen LogP contribution in [-0.2, 0) is 12.0 Å². The zero-order valence-corrected chi connectivity index (χ0v) is 12.3. The Morgan fingerprint density at radius 2 is 1.94 bits per heavy atom. The first-order valence-corrected chi connectivity index (χ1v) is 7.09. The molecule has 18 heavy (non-hydrogen) atoms. The largest absolute Gasteiger partial charge is 0.385 e. The fraction of sp³-hybridized carbons (Fsp3) is 0.214. The van der Waals surface area contributed by atoms with Crippen molar-refractivity contribution in [2.24, 2.45) is 0 Å². The normalized spacial score (nSPS) is 13.9. The average molecular weight is 322 g/mol. The minimum Gasteiger partial charge on any atom is -0.385 e. The summed E-state index contributed by atoms with van der Waals surface area (Å²) < 4.78 is 1.06. The van der Waals surface area contributed by atoms with Crippen LogP contribution in [0.4, 0.5) is 0 Å². The van der Waals surface area contributed by atoms with Gasteiger partial charge in [0.2, 0.25) is 0 Å². The number of benzene rings is 1. The van der Waals surface area contributed by atoms with Gasteiger partial charge in [0.25, 0.3) is 0 Å². The summed E-state index contributed by atoms with van der Waals surface area (Å²) in [5.74, 6) is 0. The summed E-state index contributed by atoms with van der Waals surface area (Å²) in [5, 5.41) is 19.3. The van der Waals surface area contributed by atoms with E-state index in [2.05, 4.69) is 22.0 Å². The Morgan fingerprint density at radius 1 is 1.28 bits per heavy atom. The number of aliphatic hydroxyl groups is 1. The number of nitrogens with zero attached hydrogens (tertiary/aromatic N) is 1. The number of nitriles is 1. The maximum absolute atomic E-state index is 10.5. The van der Waals surface area contributed by atoms with Crippen molar-refractivity contribution < 1.29 is 5.11 Å². The van der Waals surface area contributed by atoms with Gasteiger partial charge < -0.3 is 5.11 Å². The third-order valence-electron chi connectivity index (χ3n) is 2.78. The van der Waals surface area contributed by atoms with Crippen LogP contribution in [0.3, 0.4) is 0 Å². The van der Waals surface area contributed by atoms with Gasteiger partial charge in [-0.3, -0.25) is 0 Å². The highest BCUT2D eigenvalue weighted by Gasteiger charge is 2.24. The van der Waals surface area contributed by atoms with Gasteiger partial charge in [0, 0.05) is 11.3 Å². The van der Waals surface area contributed by atoms with Gasteiger partial charge in [-0.2, -0.15) is 5.26 Å². The molecular weight excluding hydrogens is 310 g/mol. The van der Waals surface area contributed by atoms with Crippen LogP contribution in [0, 0.1) is 11.3 Å². The molecule has 0 amide bonds. The fourth-order valence-electron chi connectivity index (χ4n) is 1.79. The minimum absolute atomic E-state index is 0.565. The first-order valence-electron chi connectivity index (χ1n) is 5.48. The molecule has 0 aliphatic rings. The fourth-order valence-corrected chi connectivity index (χ4v) is 3.42. The van der Waals surface area contributed by atoms with Crippen LogP contribution in [-0.4, -0.2) is 5.11 Å². The van der Waals surface area contributed by atoms with Crippen LogP contribution >= 0.6 is 27.3 Å². The molecule has 0 radical (unpaired) electrons. The van der Waals surface area contributed by atoms with Gasteiger partial charge in [-0.25, -0.2) is 0 Å². The third-order valence-corrected chi connectivity index (χ3v) is 4.41. The highest BCUT2D eigenvalue weighted by molar-refractivity contribution is 9.11. The Labute approximate surface area is 119 Å². The lowest BCUT2D eigenvalue weighted by atomic mass is 9.91. The summed E-state index contributed by atoms with van der Waals surface area (Å²) >= 11 is 5.04. The van der Waals surface area contributed by atoms with Gasteiger partial charge in [-0.05, 0) is 52.7 Å². The first kappa shape index (κ1) is 13.3. The van der Waals surface area contributed by atoms with Crippen LogP contribution < -0.4 is 0 Å². The Morgan fingerprint density at radius 3 is 2.44 bits per heavy atom. The smallest absolute Gasteiger partial charge is 0.0991 e. The SMILES string of the molecule is CC(O)(Cc1ccc(Br)s1)c1ccc(C#N)cc1. The number of hydrogen-bond acceptors (Lipinski definition) is 3. The van der Waals surface area contributed by atoms with E-state index in [4.69, 9.17) is 5.26 Å². The molecule has 2 aromatic rings. The minimum atomic E-state index is -0.918. The molecular formula is C14H12BrNOS. The molecule has 1 atom stereocenters. The summed E-state index contributed by atoms with van der Waals surface area (Å²) in [6, 6.07) is 13.1. The number of thiophene rings is 1. The molecule has 0 aliphatic heterocycles. The molecule has 0 aliphatic carbocycles. The molecule has 1 heterocycles. The van der Waals surface area contributed by atoms with Crippen molar-refractivity contribution >= 4 is 27.3 Å². The van der Waals surface area contributed by atoms with E-state index >= 15 is 0 Å². The van der Waals surface area contributed by atoms with E-state index in [0.717, 1.165) is 14.2 Å². The van der Waals surface area contributed by atoms with Crippen molar-refractivity contribution in [1.29, 1.82) is 5.26 Å². The van der Waals surface area contributed by atoms with Gasteiger partial charge in [0.15, 0.2) is 0 Å². The topological polar surface area (TPSA) is 44.0 Å². The van der Waals surface area contributed by atoms with E-state index in [1.54, 1.807) is 42.5 Å². The zero-order chi connectivity index (χ0) is 13.2. The van der Waals surface area contributed by atoms with E-state index in [1.807, 2.05) is 12.1 Å². The lowest BCUT2D eigenvalue weighted by Gasteiger charge is -2.23. The molecule has 0 bridgehead atoms. The maximum atomic E-state index is 10.5. The number of halogens is 1. The van der Waals surface area contributed by atoms with E-state index in [0.29, 0.717) is 12.0 Å². The van der Waals surface area contributed by atoms with Crippen molar-refractivity contribution in [2.75, 3.05) is 0 Å². The predicted octanol–water partition coefficient (Wildman–Crippen LogP) is 3.83. The van der Waals surface area contributed by atoms with Crippen LogP contribution in [0.1, 0.15) is 22.9 Å². The van der Waals surface area contributed by atoms with Gasteiger partial charge in [0.05, 0.1) is 21.0 Å². The molecule has 1 aromatic carbocycles. The molecule has 0 saturated carbocycles. The van der Waals surface area contributed by atoms with Crippen molar-refractivity contribution in [3.8, 4) is 6.07 Å². The Balaban J connectivity index is 2.21. The highest BCUT2D eigenvalue weighted by Crippen LogP contribution is 2.30. The van der Waals surface area contributed by atoms with Crippen molar-refractivity contribution in [2.45, 2.75) is 18.9 Å². The van der Waals surface area contributed by atoms with Crippen molar-refractivity contribution in [3.05, 3.63) is 56.2 Å². The molecule has 92 valence electrons. The molecule has 4 heteroatoms. The van der Waals surface area contributed by atoms with Gasteiger partial charge >= 0.3 is 0 Å². The molecule has 1 N–H and O–H groups in total. The number of rotatable bonds is 3. The van der Waals surface area contributed by atoms with Crippen LogP contribution in [0.25, 0.3) is 0 Å². The van der Waals surface area contributed by atoms with Crippen molar-refractivity contribution in [1.82, 2.24) is 0 Å². The summed E-state index contributed by atoms with van der Waals surface area (Å²) in [7, 11) is 0. The predicted molar refractivity (Wildman–Crippen MR) is 76.5 cm³/mol. The first-order chi connectivity index (χ1) is 8.51. The molecule has 0 fully saturated rings. The quantitative estimate of drug-likeness (QED) is 0.933. The maximum Gasteiger partial charge on any atom is 0.0991 e. The second kappa shape index (κ2) is 5.23. The lowest BCUT2D eigenvalue weighted by molar-refractivity contribution is 0.0585. The van der Waals surface area contributed by atoms with Crippen LogP contribution in [0.5, 0.6) is 0 Å². The average Bonchev–Trinajstić information content (AvgIpc) is 2.74. The van der Waals surface area contributed by atoms with E-state index in [-0.39, 0.29) is 0 Å². The summed E-state index contributed by atoms with van der Waals surface area (Å²) in [4.78, 5) is 1.12. The Kier molecular flexibility index (Phi) is 3.86. The van der Waals surface area contributed by atoms with E-state index in [9.17, 15) is 5.11 Å². The summed E-state index contributed by atoms with van der Waals surface area (Å²) in [6.45, 7) is 1.79. The molecule has 2 nitrogen and oxygen atoms in total. The van der Waals surface area contributed by atoms with Gasteiger partial charge in [-0.1, -0.05) is 12.1 Å². The van der Waals surface area contributed by atoms with Crippen LogP contribution in [0.15, 0.2) is 40.2 Å². The second-order valence-electron chi connectivity index (χ2n) is 4.35. The van der Waals surface area contributed by atoms with Gasteiger partial charge in [-0.15, -0.1) is 11.3 Å². The molecule has 2 rings (SSSR count). The van der Waals surface area contributed by atoms with Gasteiger partial charge in [0.1, 0.15) is 0 Å². The monoisotopic (exact) mass is 321 g/mol. The van der Waals surface area contributed by atoms with E-state index in [1.165, 1.54) is 0 Å². The Bertz CT molecular complexity index is 581. The number of hydrogen-bond donors (Lipinski definition) is 1. The summed E-state index contributed by atoms with van der Waals surface area (Å²) in [5.41, 5.74) is 0.512. The summed E-state index contributed by atoms with van der Waals surface area (Å²) in [6.07, 6.45) is 0.565. The van der Waals surface area contributed by atoms with Crippen LogP contribution in [0.2, 0.25) is 0 Å². The van der Waals surface area contributed by atoms with E-state index < -0.39 is 5.60 Å². The lowest BCUT2D eigenvalue weighted by Crippen LogP contribution is -2.23. The molecule has 0 spiro atoms. The molecule has 1 unspecified atom stereocenters. The standard InChI is InChI=1S/C14H12BrNOS/c1-14(17,8-12-6-7-13(15)18-12)11-4-2-10(9-16)3-5-11/h2-7,17H,8H2,1H3. The molecule has 0 saturated heterocycles. The molecule has 1 aromatic heterocycles. The Hall–Kier alpha value is -1.15. The second-order valence-corrected chi connectivity index (χ2v) is 6.89. The third kappa shape index (κ3) is 2.99. The van der Waals surface area contributed by atoms with Crippen molar-refractivity contribution in [3.63, 3.8) is 0 Å².